The van der Waals surface area contributed by atoms with Gasteiger partial charge >= 0.3 is 5.97 Å². The standard InChI is InChI=1S/C17H25NO4/c1-21-12-13-22-15-8-6-14(7-9-15)16(17(19)20)18-10-4-2-3-5-11-18/h6-9,16H,2-5,10-13H2,1H3,(H,19,20)/t16-/m1/s1. The summed E-state index contributed by atoms with van der Waals surface area (Å²) in [6.45, 7) is 2.73. The van der Waals surface area contributed by atoms with Gasteiger partial charge in [-0.3, -0.25) is 9.69 Å². The number of benzene rings is 1. The average Bonchev–Trinajstić information content (AvgIpc) is 2.78. The van der Waals surface area contributed by atoms with E-state index in [-0.39, 0.29) is 0 Å². The molecular weight excluding hydrogens is 282 g/mol. The number of carboxylic acid groups (broad SMARTS) is 1. The summed E-state index contributed by atoms with van der Waals surface area (Å²) < 4.78 is 10.5. The molecule has 0 saturated carbocycles. The number of hydrogen-bond acceptors (Lipinski definition) is 4. The Morgan fingerprint density at radius 3 is 2.32 bits per heavy atom. The van der Waals surface area contributed by atoms with Crippen LogP contribution in [0.25, 0.3) is 0 Å². The minimum absolute atomic E-state index is 0.490. The van der Waals surface area contributed by atoms with Crippen LogP contribution >= 0.6 is 0 Å². The molecule has 1 atom stereocenters. The van der Waals surface area contributed by atoms with Gasteiger partial charge in [0.25, 0.3) is 0 Å². The topological polar surface area (TPSA) is 59.0 Å². The van der Waals surface area contributed by atoms with Crippen LogP contribution in [0, 0.1) is 0 Å². The summed E-state index contributed by atoms with van der Waals surface area (Å²) in [6, 6.07) is 6.81. The molecule has 0 radical (unpaired) electrons. The summed E-state index contributed by atoms with van der Waals surface area (Å²) in [6.07, 6.45) is 4.52. The lowest BCUT2D eigenvalue weighted by Gasteiger charge is -2.27. The summed E-state index contributed by atoms with van der Waals surface area (Å²) >= 11 is 0. The molecule has 0 unspecified atom stereocenters. The first-order chi connectivity index (χ1) is 10.7. The van der Waals surface area contributed by atoms with Crippen molar-refractivity contribution < 1.29 is 19.4 Å². The minimum atomic E-state index is -0.782. The van der Waals surface area contributed by atoms with E-state index in [9.17, 15) is 9.90 Å². The molecule has 22 heavy (non-hydrogen) atoms. The molecule has 1 aliphatic rings. The van der Waals surface area contributed by atoms with Gasteiger partial charge in [0.2, 0.25) is 0 Å². The number of methoxy groups -OCH3 is 1. The Balaban J connectivity index is 2.06. The first-order valence-corrected chi connectivity index (χ1v) is 7.91. The van der Waals surface area contributed by atoms with Crippen molar-refractivity contribution in [3.8, 4) is 5.75 Å². The van der Waals surface area contributed by atoms with Crippen LogP contribution in [0.1, 0.15) is 37.3 Å². The maximum absolute atomic E-state index is 11.7. The van der Waals surface area contributed by atoms with E-state index < -0.39 is 12.0 Å². The Kier molecular flexibility index (Phi) is 6.68. The number of carbonyl (C=O) groups is 1. The molecule has 122 valence electrons. The molecule has 1 aliphatic heterocycles. The van der Waals surface area contributed by atoms with E-state index >= 15 is 0 Å². The van der Waals surface area contributed by atoms with Gasteiger partial charge in [0, 0.05) is 7.11 Å². The summed E-state index contributed by atoms with van der Waals surface area (Å²) in [5.74, 6) is -0.0456. The molecule has 1 aromatic carbocycles. The second-order valence-electron chi connectivity index (χ2n) is 5.60. The maximum Gasteiger partial charge on any atom is 0.325 e. The van der Waals surface area contributed by atoms with E-state index in [1.165, 1.54) is 12.8 Å². The Morgan fingerprint density at radius 1 is 1.14 bits per heavy atom. The van der Waals surface area contributed by atoms with Crippen LogP contribution < -0.4 is 4.74 Å². The third kappa shape index (κ3) is 4.71. The van der Waals surface area contributed by atoms with E-state index in [1.54, 1.807) is 7.11 Å². The SMILES string of the molecule is COCCOc1ccc([C@H](C(=O)O)N2CCCCCC2)cc1. The van der Waals surface area contributed by atoms with Crippen molar-refractivity contribution in [2.75, 3.05) is 33.4 Å². The molecule has 0 spiro atoms. The smallest absolute Gasteiger partial charge is 0.325 e. The van der Waals surface area contributed by atoms with Gasteiger partial charge in [0.1, 0.15) is 18.4 Å². The molecule has 1 heterocycles. The Morgan fingerprint density at radius 2 is 1.77 bits per heavy atom. The van der Waals surface area contributed by atoms with Gasteiger partial charge < -0.3 is 14.6 Å². The average molecular weight is 307 g/mol. The largest absolute Gasteiger partial charge is 0.491 e. The monoisotopic (exact) mass is 307 g/mol. The van der Waals surface area contributed by atoms with Crippen molar-refractivity contribution in [1.29, 1.82) is 0 Å². The highest BCUT2D eigenvalue weighted by molar-refractivity contribution is 5.75. The normalized spacial score (nSPS) is 17.7. The van der Waals surface area contributed by atoms with E-state index in [2.05, 4.69) is 4.90 Å². The van der Waals surface area contributed by atoms with E-state index in [1.807, 2.05) is 24.3 Å². The Bertz CT molecular complexity index is 452. The minimum Gasteiger partial charge on any atom is -0.491 e. The van der Waals surface area contributed by atoms with E-state index in [0.29, 0.717) is 13.2 Å². The molecular formula is C17H25NO4. The number of aliphatic carboxylic acids is 1. The van der Waals surface area contributed by atoms with Crippen LogP contribution in [0.2, 0.25) is 0 Å². The van der Waals surface area contributed by atoms with Crippen LogP contribution in [-0.2, 0) is 9.53 Å². The number of likely N-dealkylation sites (tertiary alicyclic amines) is 1. The number of rotatable bonds is 7. The van der Waals surface area contributed by atoms with Gasteiger partial charge in [0.05, 0.1) is 6.61 Å². The quantitative estimate of drug-likeness (QED) is 0.785. The van der Waals surface area contributed by atoms with Crippen molar-refractivity contribution in [2.24, 2.45) is 0 Å². The van der Waals surface area contributed by atoms with Crippen LogP contribution in [0.4, 0.5) is 0 Å². The molecule has 1 fully saturated rings. The first-order valence-electron chi connectivity index (χ1n) is 7.91. The molecule has 0 bridgehead atoms. The number of ether oxygens (including phenoxy) is 2. The second-order valence-corrected chi connectivity index (χ2v) is 5.60. The fraction of sp³-hybridized carbons (Fsp3) is 0.588. The molecule has 5 nitrogen and oxygen atoms in total. The Hall–Kier alpha value is -1.59. The zero-order valence-corrected chi connectivity index (χ0v) is 13.2. The highest BCUT2D eigenvalue weighted by atomic mass is 16.5. The lowest BCUT2D eigenvalue weighted by molar-refractivity contribution is -0.143. The van der Waals surface area contributed by atoms with Crippen molar-refractivity contribution in [3.05, 3.63) is 29.8 Å². The molecule has 0 amide bonds. The molecule has 1 N–H and O–H groups in total. The van der Waals surface area contributed by atoms with Crippen molar-refractivity contribution in [3.63, 3.8) is 0 Å². The summed E-state index contributed by atoms with van der Waals surface area (Å²) in [5.41, 5.74) is 0.813. The predicted molar refractivity (Wildman–Crippen MR) is 84.2 cm³/mol. The second kappa shape index (κ2) is 8.76. The Labute approximate surface area is 131 Å². The molecule has 1 saturated heterocycles. The summed E-state index contributed by atoms with van der Waals surface area (Å²) in [7, 11) is 1.63. The van der Waals surface area contributed by atoms with Gasteiger partial charge in [0.15, 0.2) is 0 Å². The van der Waals surface area contributed by atoms with Crippen molar-refractivity contribution >= 4 is 5.97 Å². The summed E-state index contributed by atoms with van der Waals surface area (Å²) in [5, 5.41) is 9.62. The predicted octanol–water partition coefficient (Wildman–Crippen LogP) is 2.71. The van der Waals surface area contributed by atoms with E-state index in [4.69, 9.17) is 9.47 Å². The third-order valence-corrected chi connectivity index (χ3v) is 3.99. The highest BCUT2D eigenvalue weighted by Gasteiger charge is 2.27. The number of hydrogen-bond donors (Lipinski definition) is 1. The molecule has 0 aliphatic carbocycles. The van der Waals surface area contributed by atoms with Gasteiger partial charge in [-0.15, -0.1) is 0 Å². The molecule has 0 aromatic heterocycles. The van der Waals surface area contributed by atoms with Gasteiger partial charge in [-0.2, -0.15) is 0 Å². The third-order valence-electron chi connectivity index (χ3n) is 3.99. The van der Waals surface area contributed by atoms with Crippen LogP contribution in [0.3, 0.4) is 0 Å². The first kappa shape index (κ1) is 16.8. The highest BCUT2D eigenvalue weighted by Crippen LogP contribution is 2.26. The van der Waals surface area contributed by atoms with Crippen LogP contribution in [0.15, 0.2) is 24.3 Å². The van der Waals surface area contributed by atoms with Crippen molar-refractivity contribution in [2.45, 2.75) is 31.7 Å². The number of carboxylic acids is 1. The zero-order valence-electron chi connectivity index (χ0n) is 13.2. The fourth-order valence-corrected chi connectivity index (χ4v) is 2.85. The van der Waals surface area contributed by atoms with Gasteiger partial charge in [-0.05, 0) is 43.6 Å². The molecule has 1 aromatic rings. The zero-order chi connectivity index (χ0) is 15.8. The van der Waals surface area contributed by atoms with Crippen molar-refractivity contribution in [1.82, 2.24) is 4.90 Å². The number of nitrogens with zero attached hydrogens (tertiary/aromatic N) is 1. The lowest BCUT2D eigenvalue weighted by Crippen LogP contribution is -2.34. The van der Waals surface area contributed by atoms with Crippen LogP contribution in [-0.4, -0.2) is 49.4 Å². The van der Waals surface area contributed by atoms with Gasteiger partial charge in [-0.1, -0.05) is 25.0 Å². The maximum atomic E-state index is 11.7. The summed E-state index contributed by atoms with van der Waals surface area (Å²) in [4.78, 5) is 13.8. The lowest BCUT2D eigenvalue weighted by atomic mass is 10.0. The van der Waals surface area contributed by atoms with E-state index in [0.717, 1.165) is 37.2 Å². The fourth-order valence-electron chi connectivity index (χ4n) is 2.85. The van der Waals surface area contributed by atoms with Gasteiger partial charge in [-0.25, -0.2) is 0 Å². The molecule has 2 rings (SSSR count). The molecule has 5 heteroatoms. The van der Waals surface area contributed by atoms with Crippen LogP contribution in [0.5, 0.6) is 5.75 Å².